The molecule has 2 unspecified atom stereocenters. The van der Waals surface area contributed by atoms with Gasteiger partial charge in [-0.15, -0.1) is 0 Å². The fourth-order valence-electron chi connectivity index (χ4n) is 2.51. The van der Waals surface area contributed by atoms with Crippen LogP contribution >= 0.6 is 0 Å². The molecule has 1 aromatic carbocycles. The largest absolute Gasteiger partial charge is 0.309 e. The van der Waals surface area contributed by atoms with Crippen molar-refractivity contribution in [2.24, 2.45) is 0 Å². The van der Waals surface area contributed by atoms with E-state index in [4.69, 9.17) is 0 Å². The van der Waals surface area contributed by atoms with Gasteiger partial charge in [0.05, 0.1) is 0 Å². The van der Waals surface area contributed by atoms with Crippen molar-refractivity contribution in [2.45, 2.75) is 39.2 Å². The average Bonchev–Trinajstić information content (AvgIpc) is 2.85. The molecule has 0 radical (unpaired) electrons. The van der Waals surface area contributed by atoms with Crippen molar-refractivity contribution in [3.8, 4) is 0 Å². The maximum absolute atomic E-state index is 11.4. The van der Waals surface area contributed by atoms with Crippen molar-refractivity contribution in [3.05, 3.63) is 34.9 Å². The van der Waals surface area contributed by atoms with E-state index in [1.807, 2.05) is 6.92 Å². The van der Waals surface area contributed by atoms with Crippen molar-refractivity contribution in [3.63, 3.8) is 0 Å². The second kappa shape index (κ2) is 6.48. The van der Waals surface area contributed by atoms with Gasteiger partial charge in [0.25, 0.3) is 0 Å². The van der Waals surface area contributed by atoms with Crippen LogP contribution in [0.1, 0.15) is 43.0 Å². The van der Waals surface area contributed by atoms with Gasteiger partial charge >= 0.3 is 0 Å². The van der Waals surface area contributed by atoms with Gasteiger partial charge in [-0.25, -0.2) is 0 Å². The number of benzene rings is 1. The summed E-state index contributed by atoms with van der Waals surface area (Å²) in [6.45, 7) is 4.99. The van der Waals surface area contributed by atoms with Crippen LogP contribution in [0.15, 0.2) is 18.2 Å². The monoisotopic (exact) mass is 265 g/mol. The molecule has 100 valence electrons. The van der Waals surface area contributed by atoms with Gasteiger partial charge in [-0.1, -0.05) is 25.1 Å². The third kappa shape index (κ3) is 3.42. The third-order valence-corrected chi connectivity index (χ3v) is 5.03. The van der Waals surface area contributed by atoms with Crippen LogP contribution in [0.3, 0.4) is 0 Å². The highest BCUT2D eigenvalue weighted by Crippen LogP contribution is 2.25. The van der Waals surface area contributed by atoms with Gasteiger partial charge < -0.3 is 5.32 Å². The summed E-state index contributed by atoms with van der Waals surface area (Å²) < 4.78 is 11.4. The van der Waals surface area contributed by atoms with Gasteiger partial charge in [0.1, 0.15) is 0 Å². The molecule has 0 saturated heterocycles. The van der Waals surface area contributed by atoms with Crippen LogP contribution in [-0.4, -0.2) is 22.3 Å². The van der Waals surface area contributed by atoms with E-state index >= 15 is 0 Å². The van der Waals surface area contributed by atoms with Crippen molar-refractivity contribution in [1.82, 2.24) is 5.32 Å². The number of hydrogen-bond acceptors (Lipinski definition) is 2. The average molecular weight is 265 g/mol. The second-order valence-electron chi connectivity index (χ2n) is 4.99. The van der Waals surface area contributed by atoms with Gasteiger partial charge in [0.2, 0.25) is 0 Å². The minimum atomic E-state index is -0.662. The fraction of sp³-hybridized carbons (Fsp3) is 0.600. The lowest BCUT2D eigenvalue weighted by Gasteiger charge is -2.15. The lowest BCUT2D eigenvalue weighted by atomic mass is 10.0. The van der Waals surface area contributed by atoms with E-state index in [-0.39, 0.29) is 0 Å². The molecule has 0 aliphatic heterocycles. The minimum absolute atomic E-state index is 0.352. The molecule has 0 bridgehead atoms. The summed E-state index contributed by atoms with van der Waals surface area (Å²) >= 11 is 0. The molecule has 0 fully saturated rings. The Hall–Kier alpha value is -0.670. The normalized spacial score (nSPS) is 17.4. The number of fused-ring (bicyclic) bond motifs is 1. The molecule has 2 nitrogen and oxygen atoms in total. The van der Waals surface area contributed by atoms with Crippen LogP contribution in [0.2, 0.25) is 0 Å². The molecule has 3 heteroatoms. The first-order valence-electron chi connectivity index (χ1n) is 6.90. The molecule has 1 aromatic rings. The van der Waals surface area contributed by atoms with E-state index in [0.717, 1.165) is 18.1 Å². The first-order valence-corrected chi connectivity index (χ1v) is 8.39. The number of rotatable bonds is 6. The van der Waals surface area contributed by atoms with E-state index in [9.17, 15) is 4.21 Å². The van der Waals surface area contributed by atoms with Crippen molar-refractivity contribution in [1.29, 1.82) is 0 Å². The van der Waals surface area contributed by atoms with Crippen LogP contribution in [0, 0.1) is 0 Å². The molecule has 0 aromatic heterocycles. The van der Waals surface area contributed by atoms with Crippen molar-refractivity contribution < 1.29 is 4.21 Å². The maximum Gasteiger partial charge on any atom is 0.0360 e. The molecule has 1 aliphatic carbocycles. The van der Waals surface area contributed by atoms with Crippen LogP contribution in [0.25, 0.3) is 0 Å². The molecule has 0 heterocycles. The number of nitrogens with one attached hydrogen (secondary N) is 1. The van der Waals surface area contributed by atoms with Crippen LogP contribution in [0.4, 0.5) is 0 Å². The molecule has 0 spiro atoms. The quantitative estimate of drug-likeness (QED) is 0.856. The Bertz CT molecular complexity index is 431. The predicted octanol–water partition coefficient (Wildman–Crippen LogP) is 2.59. The number of hydrogen-bond donors (Lipinski definition) is 1. The summed E-state index contributed by atoms with van der Waals surface area (Å²) in [5.74, 6) is 1.51. The topological polar surface area (TPSA) is 29.1 Å². The summed E-state index contributed by atoms with van der Waals surface area (Å²) in [7, 11) is -0.662. The summed E-state index contributed by atoms with van der Waals surface area (Å²) in [6.07, 6.45) is 3.78. The van der Waals surface area contributed by atoms with Crippen LogP contribution in [0.5, 0.6) is 0 Å². The highest BCUT2D eigenvalue weighted by molar-refractivity contribution is 7.84. The van der Waals surface area contributed by atoms with E-state index in [1.54, 1.807) is 0 Å². The molecular formula is C15H23NOS. The van der Waals surface area contributed by atoms with Crippen molar-refractivity contribution in [2.75, 3.05) is 18.1 Å². The lowest BCUT2D eigenvalue weighted by molar-refractivity contribution is 0.596. The predicted molar refractivity (Wildman–Crippen MR) is 78.4 cm³/mol. The Morgan fingerprint density at radius 1 is 1.33 bits per heavy atom. The zero-order valence-corrected chi connectivity index (χ0v) is 12.2. The van der Waals surface area contributed by atoms with Gasteiger partial charge in [-0.3, -0.25) is 4.21 Å². The van der Waals surface area contributed by atoms with E-state index in [0.29, 0.717) is 6.04 Å². The molecule has 1 aliphatic rings. The van der Waals surface area contributed by atoms with E-state index in [1.165, 1.54) is 36.0 Å². The first-order chi connectivity index (χ1) is 8.70. The Kier molecular flexibility index (Phi) is 4.95. The van der Waals surface area contributed by atoms with Gasteiger partial charge in [-0.05, 0) is 42.9 Å². The van der Waals surface area contributed by atoms with Crippen LogP contribution < -0.4 is 5.32 Å². The Balaban J connectivity index is 1.89. The summed E-state index contributed by atoms with van der Waals surface area (Å²) in [4.78, 5) is 0. The summed E-state index contributed by atoms with van der Waals surface area (Å²) in [5.41, 5.74) is 4.41. The van der Waals surface area contributed by atoms with E-state index in [2.05, 4.69) is 30.4 Å². The molecule has 1 N–H and O–H groups in total. The minimum Gasteiger partial charge on any atom is -0.309 e. The second-order valence-corrected chi connectivity index (χ2v) is 6.86. The Morgan fingerprint density at radius 2 is 2.11 bits per heavy atom. The molecule has 0 amide bonds. The maximum atomic E-state index is 11.4. The van der Waals surface area contributed by atoms with Gasteiger partial charge in [0.15, 0.2) is 0 Å². The SMILES string of the molecule is CCS(=O)CCNC(C)c1ccc2c(c1)CCC2. The Labute approximate surface area is 113 Å². The third-order valence-electron chi connectivity index (χ3n) is 3.72. The fourth-order valence-corrected chi connectivity index (χ4v) is 3.15. The zero-order chi connectivity index (χ0) is 13.0. The molecule has 2 rings (SSSR count). The highest BCUT2D eigenvalue weighted by Gasteiger charge is 2.13. The van der Waals surface area contributed by atoms with Gasteiger partial charge in [-0.2, -0.15) is 0 Å². The lowest BCUT2D eigenvalue weighted by Crippen LogP contribution is -2.24. The standard InChI is InChI=1S/C15H23NOS/c1-3-18(17)10-9-16-12(2)14-8-7-13-5-4-6-15(13)11-14/h7-8,11-12,16H,3-6,9-10H2,1-2H3. The smallest absolute Gasteiger partial charge is 0.0360 e. The number of aryl methyl sites for hydroxylation is 2. The molecule has 18 heavy (non-hydrogen) atoms. The Morgan fingerprint density at radius 3 is 2.89 bits per heavy atom. The molecular weight excluding hydrogens is 242 g/mol. The van der Waals surface area contributed by atoms with Gasteiger partial charge in [0, 0.05) is 34.9 Å². The zero-order valence-electron chi connectivity index (χ0n) is 11.4. The molecule has 2 atom stereocenters. The van der Waals surface area contributed by atoms with Crippen molar-refractivity contribution >= 4 is 10.8 Å². The summed E-state index contributed by atoms with van der Waals surface area (Å²) in [5, 5.41) is 3.46. The van der Waals surface area contributed by atoms with Crippen LogP contribution in [-0.2, 0) is 23.6 Å². The highest BCUT2D eigenvalue weighted by atomic mass is 32.2. The van der Waals surface area contributed by atoms with E-state index < -0.39 is 10.8 Å². The molecule has 0 saturated carbocycles. The first kappa shape index (κ1) is 13.8. The summed E-state index contributed by atoms with van der Waals surface area (Å²) in [6, 6.07) is 7.21.